The Bertz CT molecular complexity index is 950. The standard InChI is InChI=1S/C21H33N5O5S/c1-13(18-11-16-4-5-17(18)10-16)22-21(28)23-19(27)12-25-6-8-26(9-7-25)32(29,30)20-14(2)24-31-15(20)3/h13,16-18H,4-12H2,1-3H3,(H2,22,23,27,28). The highest BCUT2D eigenvalue weighted by atomic mass is 32.2. The number of piperazine rings is 1. The summed E-state index contributed by atoms with van der Waals surface area (Å²) in [6, 6.07) is -0.402. The smallest absolute Gasteiger partial charge is 0.321 e. The molecule has 1 saturated heterocycles. The first-order valence-electron chi connectivity index (χ1n) is 11.4. The van der Waals surface area contributed by atoms with Crippen molar-refractivity contribution in [2.75, 3.05) is 32.7 Å². The van der Waals surface area contributed by atoms with Gasteiger partial charge in [0.25, 0.3) is 0 Å². The Morgan fingerprint density at radius 2 is 1.88 bits per heavy atom. The number of fused-ring (bicyclic) bond motifs is 2. The molecule has 1 aromatic rings. The first-order chi connectivity index (χ1) is 15.1. The number of carbonyl (C=O) groups is 2. The number of sulfonamides is 1. The number of amides is 3. The normalized spacial score (nSPS) is 27.4. The first-order valence-corrected chi connectivity index (χ1v) is 12.8. The third kappa shape index (κ3) is 4.69. The van der Waals surface area contributed by atoms with Gasteiger partial charge in [-0.1, -0.05) is 11.6 Å². The van der Waals surface area contributed by atoms with Crippen LogP contribution in [0.1, 0.15) is 44.1 Å². The molecule has 0 aromatic carbocycles. The Labute approximate surface area is 189 Å². The molecule has 32 heavy (non-hydrogen) atoms. The van der Waals surface area contributed by atoms with Gasteiger partial charge in [-0.15, -0.1) is 0 Å². The molecule has 2 bridgehead atoms. The predicted octanol–water partition coefficient (Wildman–Crippen LogP) is 1.25. The molecule has 0 radical (unpaired) electrons. The number of rotatable bonds is 6. The van der Waals surface area contributed by atoms with E-state index in [9.17, 15) is 18.0 Å². The van der Waals surface area contributed by atoms with E-state index < -0.39 is 16.1 Å². The summed E-state index contributed by atoms with van der Waals surface area (Å²) in [6.07, 6.45) is 5.00. The second-order valence-corrected chi connectivity index (χ2v) is 11.4. The van der Waals surface area contributed by atoms with E-state index in [1.54, 1.807) is 13.8 Å². The fourth-order valence-electron chi connectivity index (χ4n) is 5.73. The molecule has 2 N–H and O–H groups in total. The maximum Gasteiger partial charge on any atom is 0.321 e. The van der Waals surface area contributed by atoms with Crippen LogP contribution < -0.4 is 10.6 Å². The van der Waals surface area contributed by atoms with Crippen molar-refractivity contribution >= 4 is 22.0 Å². The summed E-state index contributed by atoms with van der Waals surface area (Å²) in [6.45, 7) is 6.57. The average Bonchev–Trinajstić information content (AvgIpc) is 3.44. The van der Waals surface area contributed by atoms with Gasteiger partial charge in [-0.05, 0) is 57.8 Å². The Balaban J connectivity index is 1.22. The maximum absolute atomic E-state index is 12.9. The minimum Gasteiger partial charge on any atom is -0.360 e. The van der Waals surface area contributed by atoms with Crippen LogP contribution in [0.2, 0.25) is 0 Å². The van der Waals surface area contributed by atoms with Crippen LogP contribution in [0.5, 0.6) is 0 Å². The molecule has 1 aromatic heterocycles. The van der Waals surface area contributed by atoms with Gasteiger partial charge in [0, 0.05) is 32.2 Å². The van der Waals surface area contributed by atoms with Crippen molar-refractivity contribution in [1.82, 2.24) is 25.0 Å². The molecule has 10 nitrogen and oxygen atoms in total. The SMILES string of the molecule is Cc1noc(C)c1S(=O)(=O)N1CCN(CC(=O)NC(=O)NC(C)C2CC3CCC2C3)CC1. The zero-order valence-electron chi connectivity index (χ0n) is 19.0. The topological polar surface area (TPSA) is 125 Å². The molecular formula is C21H33N5O5S. The number of aromatic nitrogens is 1. The summed E-state index contributed by atoms with van der Waals surface area (Å²) in [5, 5.41) is 9.09. The predicted molar refractivity (Wildman–Crippen MR) is 116 cm³/mol. The molecule has 2 aliphatic carbocycles. The molecule has 4 atom stereocenters. The van der Waals surface area contributed by atoms with Gasteiger partial charge >= 0.3 is 6.03 Å². The molecule has 2 heterocycles. The van der Waals surface area contributed by atoms with Gasteiger partial charge in [0.2, 0.25) is 15.9 Å². The van der Waals surface area contributed by atoms with E-state index in [2.05, 4.69) is 15.8 Å². The van der Waals surface area contributed by atoms with Crippen LogP contribution in [0.25, 0.3) is 0 Å². The summed E-state index contributed by atoms with van der Waals surface area (Å²) >= 11 is 0. The third-order valence-electron chi connectivity index (χ3n) is 7.31. The number of imide groups is 1. The summed E-state index contributed by atoms with van der Waals surface area (Å²) in [4.78, 5) is 26.6. The van der Waals surface area contributed by atoms with Gasteiger partial charge in [0.15, 0.2) is 5.76 Å². The average molecular weight is 468 g/mol. The van der Waals surface area contributed by atoms with Crippen LogP contribution in [0.15, 0.2) is 9.42 Å². The Kier molecular flexibility index (Phi) is 6.60. The quantitative estimate of drug-likeness (QED) is 0.645. The zero-order chi connectivity index (χ0) is 23.0. The zero-order valence-corrected chi connectivity index (χ0v) is 19.8. The number of nitrogens with one attached hydrogen (secondary N) is 2. The van der Waals surface area contributed by atoms with Crippen molar-refractivity contribution < 1.29 is 22.5 Å². The lowest BCUT2D eigenvalue weighted by atomic mass is 9.84. The largest absolute Gasteiger partial charge is 0.360 e. The lowest BCUT2D eigenvalue weighted by Gasteiger charge is -2.33. The minimum absolute atomic E-state index is 0.0507. The molecule has 0 spiro atoms. The molecule has 3 fully saturated rings. The fraction of sp³-hybridized carbons (Fsp3) is 0.762. The van der Waals surface area contributed by atoms with Gasteiger partial charge < -0.3 is 9.84 Å². The molecule has 1 aliphatic heterocycles. The maximum atomic E-state index is 12.9. The van der Waals surface area contributed by atoms with Crippen LogP contribution in [-0.4, -0.2) is 73.5 Å². The van der Waals surface area contributed by atoms with Crippen LogP contribution >= 0.6 is 0 Å². The Hall–Kier alpha value is -1.98. The van der Waals surface area contributed by atoms with E-state index in [4.69, 9.17) is 4.52 Å². The second kappa shape index (κ2) is 9.11. The molecule has 3 aliphatic rings. The van der Waals surface area contributed by atoms with Crippen LogP contribution in [-0.2, 0) is 14.8 Å². The highest BCUT2D eigenvalue weighted by molar-refractivity contribution is 7.89. The Morgan fingerprint density at radius 3 is 2.44 bits per heavy atom. The van der Waals surface area contributed by atoms with Gasteiger partial charge in [-0.25, -0.2) is 13.2 Å². The second-order valence-electron chi connectivity index (χ2n) is 9.48. The number of aryl methyl sites for hydroxylation is 2. The van der Waals surface area contributed by atoms with E-state index in [0.29, 0.717) is 30.6 Å². The fourth-order valence-corrected chi connectivity index (χ4v) is 7.44. The summed E-state index contributed by atoms with van der Waals surface area (Å²) in [7, 11) is -3.69. The van der Waals surface area contributed by atoms with Crippen LogP contribution in [0.4, 0.5) is 4.79 Å². The number of urea groups is 1. The van der Waals surface area contributed by atoms with Gasteiger partial charge in [0.05, 0.1) is 6.54 Å². The number of hydrogen-bond donors (Lipinski definition) is 2. The first kappa shape index (κ1) is 23.2. The van der Waals surface area contributed by atoms with Crippen molar-refractivity contribution in [3.05, 3.63) is 11.5 Å². The molecule has 178 valence electrons. The van der Waals surface area contributed by atoms with E-state index in [1.165, 1.54) is 30.0 Å². The Morgan fingerprint density at radius 1 is 1.16 bits per heavy atom. The molecule has 4 rings (SSSR count). The summed E-state index contributed by atoms with van der Waals surface area (Å²) in [5.74, 6) is 1.89. The molecule has 2 saturated carbocycles. The summed E-state index contributed by atoms with van der Waals surface area (Å²) < 4.78 is 32.2. The summed E-state index contributed by atoms with van der Waals surface area (Å²) in [5.41, 5.74) is 0.343. The van der Waals surface area contributed by atoms with Crippen LogP contribution in [0.3, 0.4) is 0 Å². The van der Waals surface area contributed by atoms with Gasteiger partial charge in [-0.2, -0.15) is 4.31 Å². The third-order valence-corrected chi connectivity index (χ3v) is 9.45. The number of nitrogens with zero attached hydrogens (tertiary/aromatic N) is 3. The lowest BCUT2D eigenvalue weighted by molar-refractivity contribution is -0.121. The van der Waals surface area contributed by atoms with Crippen molar-refractivity contribution in [3.8, 4) is 0 Å². The monoisotopic (exact) mass is 467 g/mol. The van der Waals surface area contributed by atoms with Crippen molar-refractivity contribution in [1.29, 1.82) is 0 Å². The van der Waals surface area contributed by atoms with Crippen molar-refractivity contribution in [2.24, 2.45) is 17.8 Å². The van der Waals surface area contributed by atoms with E-state index in [1.807, 2.05) is 11.8 Å². The van der Waals surface area contributed by atoms with Gasteiger partial charge in [-0.3, -0.25) is 15.0 Å². The highest BCUT2D eigenvalue weighted by Gasteiger charge is 2.42. The molecule has 11 heteroatoms. The lowest BCUT2D eigenvalue weighted by Crippen LogP contribution is -2.53. The van der Waals surface area contributed by atoms with Crippen molar-refractivity contribution in [2.45, 2.75) is 57.4 Å². The van der Waals surface area contributed by atoms with Gasteiger partial charge in [0.1, 0.15) is 10.6 Å². The number of carbonyl (C=O) groups excluding carboxylic acids is 2. The van der Waals surface area contributed by atoms with Crippen LogP contribution in [0, 0.1) is 31.6 Å². The highest BCUT2D eigenvalue weighted by Crippen LogP contribution is 2.49. The minimum atomic E-state index is -3.69. The molecule has 4 unspecified atom stereocenters. The number of hydrogen-bond acceptors (Lipinski definition) is 7. The molecular weight excluding hydrogens is 434 g/mol. The van der Waals surface area contributed by atoms with E-state index >= 15 is 0 Å². The van der Waals surface area contributed by atoms with Crippen molar-refractivity contribution in [3.63, 3.8) is 0 Å². The van der Waals surface area contributed by atoms with E-state index in [0.717, 1.165) is 5.92 Å². The van der Waals surface area contributed by atoms with E-state index in [-0.39, 0.29) is 42.2 Å². The molecule has 3 amide bonds.